The largest absolute Gasteiger partial charge is 0.760 e. The number of hydrogen-bond acceptors (Lipinski definition) is 7. The first-order chi connectivity index (χ1) is 20.0. The monoisotopic (exact) mass is 643 g/mol. The zero-order valence-electron chi connectivity index (χ0n) is 24.8. The smallest absolute Gasteiger partial charge is 0.235 e. The first-order valence-electron chi connectivity index (χ1n) is 14.0. The molecule has 0 spiro atoms. The molecule has 1 amide bonds. The molecule has 0 heterocycles. The van der Waals surface area contributed by atoms with E-state index in [2.05, 4.69) is 42.2 Å². The molecule has 14 heteroatoms. The highest BCUT2D eigenvalue weighted by molar-refractivity contribution is 7.88. The molecule has 10 nitrogen and oxygen atoms in total. The van der Waals surface area contributed by atoms with Gasteiger partial charge in [-0.2, -0.15) is 0 Å². The molecule has 0 aliphatic heterocycles. The standard InChI is InChI=1S/C29H42F2N4O6S2/c1-28(2,3)20-6-5-7-21(15-20)29(10-8-24(9-11-29)35-43(4,40)41)32-17-26(36)25(34-27(37)18-33-42(38)39)14-19-12-22(30)16-23(31)13-19/h5-7,12-13,15-16,24-26,32-33,35-36H,8-11,14,17-18H2,1-4H3,(H,34,37)(H,38,39)/p-1. The van der Waals surface area contributed by atoms with Gasteiger partial charge in [-0.3, -0.25) is 9.00 Å². The predicted octanol–water partition coefficient (Wildman–Crippen LogP) is 2.01. The van der Waals surface area contributed by atoms with E-state index in [0.29, 0.717) is 31.7 Å². The number of aliphatic hydroxyl groups excluding tert-OH is 1. The molecule has 0 radical (unpaired) electrons. The maximum Gasteiger partial charge on any atom is 0.235 e. The molecule has 1 saturated carbocycles. The summed E-state index contributed by atoms with van der Waals surface area (Å²) >= 11 is -2.69. The average molecular weight is 644 g/mol. The molecule has 1 fully saturated rings. The van der Waals surface area contributed by atoms with Crippen LogP contribution >= 0.6 is 0 Å². The molecule has 2 aromatic carbocycles. The number of hydrogen-bond donors (Lipinski definition) is 5. The van der Waals surface area contributed by atoms with Crippen LogP contribution < -0.4 is 20.1 Å². The topological polar surface area (TPSA) is 160 Å². The van der Waals surface area contributed by atoms with E-state index in [1.165, 1.54) is 0 Å². The number of benzene rings is 2. The Balaban J connectivity index is 1.87. The van der Waals surface area contributed by atoms with Gasteiger partial charge in [-0.1, -0.05) is 45.0 Å². The van der Waals surface area contributed by atoms with Gasteiger partial charge in [0.05, 0.1) is 24.9 Å². The molecular weight excluding hydrogens is 602 g/mol. The quantitative estimate of drug-likeness (QED) is 0.209. The van der Waals surface area contributed by atoms with Gasteiger partial charge in [0.2, 0.25) is 15.9 Å². The Morgan fingerprint density at radius 1 is 1.14 bits per heavy atom. The molecule has 3 unspecified atom stereocenters. The molecule has 3 atom stereocenters. The third-order valence-electron chi connectivity index (χ3n) is 7.69. The minimum atomic E-state index is -3.39. The summed E-state index contributed by atoms with van der Waals surface area (Å²) in [5.41, 5.74) is 1.49. The number of halogens is 2. The van der Waals surface area contributed by atoms with E-state index < -0.39 is 63.1 Å². The molecule has 0 saturated heterocycles. The van der Waals surface area contributed by atoms with Crippen molar-refractivity contribution in [2.45, 2.75) is 82.0 Å². The van der Waals surface area contributed by atoms with Crippen molar-refractivity contribution in [2.24, 2.45) is 0 Å². The lowest BCUT2D eigenvalue weighted by Crippen LogP contribution is -2.55. The van der Waals surface area contributed by atoms with E-state index in [0.717, 1.165) is 29.5 Å². The van der Waals surface area contributed by atoms with Crippen LogP contribution in [0.3, 0.4) is 0 Å². The maximum absolute atomic E-state index is 13.9. The minimum Gasteiger partial charge on any atom is -0.760 e. The number of carbonyl (C=O) groups is 1. The molecule has 5 N–H and O–H groups in total. The number of sulfonamides is 1. The first kappa shape index (κ1) is 35.2. The fourth-order valence-corrected chi connectivity index (χ4v) is 6.56. The fraction of sp³-hybridized carbons (Fsp3) is 0.552. The summed E-state index contributed by atoms with van der Waals surface area (Å²) in [6.45, 7) is 5.68. The Hall–Kier alpha value is -2.33. The Kier molecular flexibility index (Phi) is 12.0. The molecule has 240 valence electrons. The number of aliphatic hydroxyl groups is 1. The second kappa shape index (κ2) is 14.6. The Bertz CT molecular complexity index is 1380. The second-order valence-electron chi connectivity index (χ2n) is 12.2. The van der Waals surface area contributed by atoms with Crippen LogP contribution in [0.25, 0.3) is 0 Å². The minimum absolute atomic E-state index is 0.0342. The summed E-state index contributed by atoms with van der Waals surface area (Å²) in [7, 11) is -3.39. The van der Waals surface area contributed by atoms with Crippen LogP contribution in [0, 0.1) is 11.6 Å². The molecule has 1 aliphatic carbocycles. The van der Waals surface area contributed by atoms with Crippen LogP contribution in [-0.2, 0) is 43.5 Å². The average Bonchev–Trinajstić information content (AvgIpc) is 2.89. The SMILES string of the molecule is CC(C)(C)c1cccc(C2(NCC(O)C(Cc3cc(F)cc(F)c3)NC(=O)CNS(=O)[O-])CCC(NS(C)(=O)=O)CC2)c1. The molecule has 0 bridgehead atoms. The zero-order chi connectivity index (χ0) is 32.0. The summed E-state index contributed by atoms with van der Waals surface area (Å²) in [6.07, 6.45) is 1.92. The normalized spacial score (nSPS) is 21.6. The van der Waals surface area contributed by atoms with Crippen LogP contribution in [0.1, 0.15) is 63.1 Å². The predicted molar refractivity (Wildman–Crippen MR) is 160 cm³/mol. The van der Waals surface area contributed by atoms with Crippen molar-refractivity contribution >= 4 is 27.2 Å². The summed E-state index contributed by atoms with van der Waals surface area (Å²) in [5, 5.41) is 17.4. The molecule has 3 rings (SSSR count). The van der Waals surface area contributed by atoms with E-state index in [1.54, 1.807) is 0 Å². The number of carbonyl (C=O) groups excluding carboxylic acids is 1. The van der Waals surface area contributed by atoms with Crippen LogP contribution in [0.15, 0.2) is 42.5 Å². The van der Waals surface area contributed by atoms with Gasteiger partial charge in [0.25, 0.3) is 0 Å². The summed E-state index contributed by atoms with van der Waals surface area (Å²) in [4.78, 5) is 12.5. The lowest BCUT2D eigenvalue weighted by Gasteiger charge is -2.43. The third kappa shape index (κ3) is 11.0. The Morgan fingerprint density at radius 2 is 1.77 bits per heavy atom. The van der Waals surface area contributed by atoms with Gasteiger partial charge in [0.15, 0.2) is 0 Å². The van der Waals surface area contributed by atoms with Crippen molar-refractivity contribution in [3.8, 4) is 0 Å². The van der Waals surface area contributed by atoms with Crippen molar-refractivity contribution in [1.29, 1.82) is 0 Å². The van der Waals surface area contributed by atoms with E-state index in [1.807, 2.05) is 22.9 Å². The van der Waals surface area contributed by atoms with Crippen LogP contribution in [0.2, 0.25) is 0 Å². The lowest BCUT2D eigenvalue weighted by atomic mass is 9.73. The van der Waals surface area contributed by atoms with Crippen molar-refractivity contribution in [3.05, 3.63) is 70.8 Å². The molecule has 1 aliphatic rings. The van der Waals surface area contributed by atoms with Crippen molar-refractivity contribution in [1.82, 2.24) is 20.1 Å². The van der Waals surface area contributed by atoms with Gasteiger partial charge in [-0.25, -0.2) is 26.6 Å². The number of amides is 1. The Labute approximate surface area is 254 Å². The van der Waals surface area contributed by atoms with Crippen LogP contribution in [0.5, 0.6) is 0 Å². The van der Waals surface area contributed by atoms with Crippen molar-refractivity contribution in [2.75, 3.05) is 19.3 Å². The molecule has 2 aromatic rings. The summed E-state index contributed by atoms with van der Waals surface area (Å²) in [6, 6.07) is 9.74. The lowest BCUT2D eigenvalue weighted by molar-refractivity contribution is -0.121. The van der Waals surface area contributed by atoms with Gasteiger partial charge in [-0.15, -0.1) is 0 Å². The highest BCUT2D eigenvalue weighted by Crippen LogP contribution is 2.39. The number of rotatable bonds is 13. The van der Waals surface area contributed by atoms with E-state index in [-0.39, 0.29) is 30.0 Å². The zero-order valence-corrected chi connectivity index (χ0v) is 26.4. The summed E-state index contributed by atoms with van der Waals surface area (Å²) < 4.78 is 77.9. The number of nitrogens with one attached hydrogen (secondary N) is 4. The van der Waals surface area contributed by atoms with Gasteiger partial charge in [0.1, 0.15) is 11.6 Å². The molecular formula is C29H41F2N4O6S2-. The van der Waals surface area contributed by atoms with Crippen LogP contribution in [0.4, 0.5) is 8.78 Å². The highest BCUT2D eigenvalue weighted by atomic mass is 32.2. The van der Waals surface area contributed by atoms with Crippen LogP contribution in [-0.4, -0.2) is 65.7 Å². The van der Waals surface area contributed by atoms with E-state index in [9.17, 15) is 35.9 Å². The van der Waals surface area contributed by atoms with Gasteiger partial charge >= 0.3 is 0 Å². The van der Waals surface area contributed by atoms with Gasteiger partial charge in [0, 0.05) is 35.5 Å². The van der Waals surface area contributed by atoms with Crippen molar-refractivity contribution in [3.63, 3.8) is 0 Å². The van der Waals surface area contributed by atoms with Gasteiger partial charge < -0.3 is 20.3 Å². The van der Waals surface area contributed by atoms with Gasteiger partial charge in [-0.05, 0) is 66.3 Å². The fourth-order valence-electron chi connectivity index (χ4n) is 5.47. The highest BCUT2D eigenvalue weighted by Gasteiger charge is 2.39. The first-order valence-corrected chi connectivity index (χ1v) is 17.0. The second-order valence-corrected chi connectivity index (χ2v) is 14.8. The van der Waals surface area contributed by atoms with E-state index in [4.69, 9.17) is 0 Å². The third-order valence-corrected chi connectivity index (χ3v) is 8.83. The summed E-state index contributed by atoms with van der Waals surface area (Å²) in [5.74, 6) is -2.36. The van der Waals surface area contributed by atoms with E-state index >= 15 is 0 Å². The van der Waals surface area contributed by atoms with Crippen molar-refractivity contribution < 1.29 is 35.9 Å². The maximum atomic E-state index is 13.9. The molecule has 43 heavy (non-hydrogen) atoms. The Morgan fingerprint density at radius 3 is 2.33 bits per heavy atom. The molecule has 0 aromatic heterocycles.